The number of aliphatic carboxylic acids is 1. The number of carboxylic acid groups (broad SMARTS) is 1. The van der Waals surface area contributed by atoms with E-state index in [9.17, 15) is 4.79 Å². The molecule has 1 rings (SSSR count). The van der Waals surface area contributed by atoms with E-state index in [0.29, 0.717) is 5.82 Å². The minimum Gasteiger partial charge on any atom is -0.478 e. The molecule has 6 nitrogen and oxygen atoms in total. The molecule has 3 N–H and O–H groups in total. The molecule has 0 aliphatic carbocycles. The van der Waals surface area contributed by atoms with Crippen LogP contribution < -0.4 is 5.73 Å². The lowest BCUT2D eigenvalue weighted by molar-refractivity contribution is -0.132. The Bertz CT molecular complexity index is 469. The zero-order chi connectivity index (χ0) is 13.5. The Balaban J connectivity index is 3.22. The summed E-state index contributed by atoms with van der Waals surface area (Å²) in [5.74, 6) is -0.756. The van der Waals surface area contributed by atoms with Crippen LogP contribution in [0.1, 0.15) is 6.92 Å². The van der Waals surface area contributed by atoms with Crippen LogP contribution in [0.2, 0.25) is 0 Å². The van der Waals surface area contributed by atoms with Gasteiger partial charge in [0, 0.05) is 19.5 Å². The lowest BCUT2D eigenvalue weighted by Gasteiger charge is -2.13. The third-order valence-electron chi connectivity index (χ3n) is 2.30. The molecular weight excluding hydrogens is 234 g/mol. The van der Waals surface area contributed by atoms with Gasteiger partial charge in [0.2, 0.25) is 0 Å². The van der Waals surface area contributed by atoms with Crippen molar-refractivity contribution in [3.05, 3.63) is 36.2 Å². The van der Waals surface area contributed by atoms with E-state index in [0.717, 1.165) is 6.20 Å². The summed E-state index contributed by atoms with van der Waals surface area (Å²) < 4.78 is 5.10. The first-order valence-corrected chi connectivity index (χ1v) is 5.28. The van der Waals surface area contributed by atoms with E-state index < -0.39 is 12.1 Å². The van der Waals surface area contributed by atoms with Crippen LogP contribution in [0.3, 0.4) is 0 Å². The molecule has 0 aliphatic heterocycles. The number of nitrogens with two attached hydrogens (primary N) is 1. The molecular formula is C12H15N3O3. The lowest BCUT2D eigenvalue weighted by Crippen LogP contribution is -2.26. The number of pyridine rings is 1. The van der Waals surface area contributed by atoms with Crippen molar-refractivity contribution < 1.29 is 14.6 Å². The predicted octanol–water partition coefficient (Wildman–Crippen LogP) is 1.12. The van der Waals surface area contributed by atoms with Crippen LogP contribution in [-0.4, -0.2) is 35.0 Å². The largest absolute Gasteiger partial charge is 0.478 e. The highest BCUT2D eigenvalue weighted by Crippen LogP contribution is 2.13. The van der Waals surface area contributed by atoms with Gasteiger partial charge >= 0.3 is 5.97 Å². The molecule has 0 saturated heterocycles. The first kappa shape index (κ1) is 13.9. The fourth-order valence-electron chi connectivity index (χ4n) is 1.29. The van der Waals surface area contributed by atoms with Gasteiger partial charge < -0.3 is 15.6 Å². The van der Waals surface area contributed by atoms with E-state index in [4.69, 9.17) is 15.6 Å². The van der Waals surface area contributed by atoms with E-state index in [1.54, 1.807) is 31.3 Å². The zero-order valence-corrected chi connectivity index (χ0v) is 10.2. The molecule has 1 aromatic heterocycles. The normalized spacial score (nSPS) is 14.3. The summed E-state index contributed by atoms with van der Waals surface area (Å²) in [5.41, 5.74) is 5.45. The van der Waals surface area contributed by atoms with Crippen molar-refractivity contribution >= 4 is 17.5 Å². The highest BCUT2D eigenvalue weighted by molar-refractivity contribution is 6.21. The maximum atomic E-state index is 11.1. The van der Waals surface area contributed by atoms with Gasteiger partial charge in [-0.25, -0.2) is 14.8 Å². The second-order valence-corrected chi connectivity index (χ2v) is 3.45. The number of hydrogen-bond donors (Lipinski definition) is 2. The molecule has 1 heterocycles. The Morgan fingerprint density at radius 1 is 1.61 bits per heavy atom. The Hall–Kier alpha value is -2.21. The van der Waals surface area contributed by atoms with Crippen molar-refractivity contribution in [3.8, 4) is 0 Å². The van der Waals surface area contributed by atoms with Crippen molar-refractivity contribution in [2.24, 2.45) is 10.7 Å². The third kappa shape index (κ3) is 3.39. The summed E-state index contributed by atoms with van der Waals surface area (Å²) >= 11 is 0. The maximum Gasteiger partial charge on any atom is 0.339 e. The lowest BCUT2D eigenvalue weighted by atomic mass is 10.1. The Labute approximate surface area is 105 Å². The van der Waals surface area contributed by atoms with Gasteiger partial charge in [-0.15, -0.1) is 0 Å². The van der Waals surface area contributed by atoms with Crippen molar-refractivity contribution in [3.63, 3.8) is 0 Å². The minimum absolute atomic E-state index is 0.102. The summed E-state index contributed by atoms with van der Waals surface area (Å²) in [6, 6.07) is 5.17. The second-order valence-electron chi connectivity index (χ2n) is 3.45. The molecule has 96 valence electrons. The molecule has 18 heavy (non-hydrogen) atoms. The highest BCUT2D eigenvalue weighted by Gasteiger charge is 2.20. The van der Waals surface area contributed by atoms with Gasteiger partial charge in [0.15, 0.2) is 5.82 Å². The average molecular weight is 249 g/mol. The molecule has 0 bridgehead atoms. The van der Waals surface area contributed by atoms with Gasteiger partial charge in [-0.3, -0.25) is 0 Å². The van der Waals surface area contributed by atoms with E-state index in [-0.39, 0.29) is 11.3 Å². The number of ether oxygens (including phenoxy) is 1. The van der Waals surface area contributed by atoms with Crippen LogP contribution in [0.15, 0.2) is 41.2 Å². The monoisotopic (exact) mass is 249 g/mol. The fourth-order valence-corrected chi connectivity index (χ4v) is 1.29. The Morgan fingerprint density at radius 3 is 2.78 bits per heavy atom. The molecule has 0 fully saturated rings. The van der Waals surface area contributed by atoms with Crippen LogP contribution >= 0.6 is 0 Å². The van der Waals surface area contributed by atoms with Crippen LogP contribution in [0, 0.1) is 0 Å². The maximum absolute atomic E-state index is 11.1. The summed E-state index contributed by atoms with van der Waals surface area (Å²) in [4.78, 5) is 19.3. The smallest absolute Gasteiger partial charge is 0.339 e. The molecule has 0 unspecified atom stereocenters. The molecule has 1 atom stereocenters. The second kappa shape index (κ2) is 6.51. The SMILES string of the molecule is CO[C@@H](C)C(=N\c1ccccn1)/C(=C\N)C(=O)O. The van der Waals surface area contributed by atoms with E-state index in [2.05, 4.69) is 9.98 Å². The molecule has 0 aromatic carbocycles. The molecule has 0 amide bonds. The van der Waals surface area contributed by atoms with E-state index in [1.165, 1.54) is 7.11 Å². The standard InChI is InChI=1S/C12H15N3O3/c1-8(18-2)11(9(7-13)12(16)17)15-10-5-3-4-6-14-10/h3-8H,13H2,1-2H3,(H,16,17)/b9-7+,15-11+/t8-/m0/s1. The summed E-state index contributed by atoms with van der Waals surface area (Å²) in [6.07, 6.45) is 2.07. The molecule has 0 radical (unpaired) electrons. The first-order valence-electron chi connectivity index (χ1n) is 5.28. The quantitative estimate of drug-likeness (QED) is 0.601. The van der Waals surface area contributed by atoms with Gasteiger partial charge in [-0.1, -0.05) is 6.07 Å². The van der Waals surface area contributed by atoms with Crippen molar-refractivity contribution in [2.45, 2.75) is 13.0 Å². The number of aliphatic imine (C=N–C) groups is 1. The van der Waals surface area contributed by atoms with Crippen molar-refractivity contribution in [1.82, 2.24) is 4.98 Å². The number of hydrogen-bond acceptors (Lipinski definition) is 5. The highest BCUT2D eigenvalue weighted by atomic mass is 16.5. The van der Waals surface area contributed by atoms with Crippen molar-refractivity contribution in [2.75, 3.05) is 7.11 Å². The minimum atomic E-state index is -1.16. The number of rotatable bonds is 5. The number of nitrogens with zero attached hydrogens (tertiary/aromatic N) is 2. The summed E-state index contributed by atoms with van der Waals surface area (Å²) in [5, 5.41) is 9.06. The van der Waals surface area contributed by atoms with Gasteiger partial charge in [0.25, 0.3) is 0 Å². The van der Waals surface area contributed by atoms with Gasteiger partial charge in [-0.05, 0) is 19.1 Å². The van der Waals surface area contributed by atoms with E-state index in [1.807, 2.05) is 0 Å². The Kier molecular flexibility index (Phi) is 5.01. The first-order chi connectivity index (χ1) is 8.60. The summed E-state index contributed by atoms with van der Waals surface area (Å²) in [7, 11) is 1.47. The van der Waals surface area contributed by atoms with Crippen LogP contribution in [0.25, 0.3) is 0 Å². The van der Waals surface area contributed by atoms with Gasteiger partial charge in [0.05, 0.1) is 17.4 Å². The molecule has 0 aliphatic rings. The molecule has 1 aromatic rings. The molecule has 0 saturated carbocycles. The molecule has 6 heteroatoms. The topological polar surface area (TPSA) is 97.8 Å². The number of carboxylic acids is 1. The Morgan fingerprint density at radius 2 is 2.33 bits per heavy atom. The number of aromatic nitrogens is 1. The fraction of sp³-hybridized carbons (Fsp3) is 0.250. The van der Waals surface area contributed by atoms with Gasteiger partial charge in [-0.2, -0.15) is 0 Å². The average Bonchev–Trinajstić information content (AvgIpc) is 2.38. The third-order valence-corrected chi connectivity index (χ3v) is 2.30. The van der Waals surface area contributed by atoms with Crippen molar-refractivity contribution in [1.29, 1.82) is 0 Å². The van der Waals surface area contributed by atoms with Crippen LogP contribution in [0.5, 0.6) is 0 Å². The number of carbonyl (C=O) groups is 1. The van der Waals surface area contributed by atoms with Gasteiger partial charge in [0.1, 0.15) is 0 Å². The van der Waals surface area contributed by atoms with Crippen LogP contribution in [0.4, 0.5) is 5.82 Å². The zero-order valence-electron chi connectivity index (χ0n) is 10.2. The van der Waals surface area contributed by atoms with E-state index >= 15 is 0 Å². The number of methoxy groups -OCH3 is 1. The predicted molar refractivity (Wildman–Crippen MR) is 67.7 cm³/mol. The van der Waals surface area contributed by atoms with Crippen LogP contribution in [-0.2, 0) is 9.53 Å². The summed E-state index contributed by atoms with van der Waals surface area (Å²) in [6.45, 7) is 1.69. The molecule has 0 spiro atoms.